The zero-order valence-electron chi connectivity index (χ0n) is 21.7. The lowest BCUT2D eigenvalue weighted by Crippen LogP contribution is -2.63. The molecule has 3 aliphatic heterocycles. The van der Waals surface area contributed by atoms with Gasteiger partial charge in [0.2, 0.25) is 17.7 Å². The molecule has 10 nitrogen and oxygen atoms in total. The molecule has 3 amide bonds. The van der Waals surface area contributed by atoms with Crippen LogP contribution >= 0.6 is 11.8 Å². The van der Waals surface area contributed by atoms with E-state index in [0.29, 0.717) is 30.1 Å². The van der Waals surface area contributed by atoms with Crippen LogP contribution in [0.1, 0.15) is 32.8 Å². The Bertz CT molecular complexity index is 1150. The Morgan fingerprint density at radius 3 is 2.57 bits per heavy atom. The van der Waals surface area contributed by atoms with Crippen LogP contribution in [0.25, 0.3) is 0 Å². The molecule has 0 radical (unpaired) electrons. The van der Waals surface area contributed by atoms with Gasteiger partial charge in [0.05, 0.1) is 24.1 Å². The van der Waals surface area contributed by atoms with Crippen molar-refractivity contribution in [3.8, 4) is 0 Å². The number of carboxylic acids is 1. The summed E-state index contributed by atoms with van der Waals surface area (Å²) in [4.78, 5) is 55.0. The number of aliphatic hydroxyl groups is 1. The number of carbonyl (C=O) groups is 4. The number of fused-ring (bicyclic) bond motifs is 1. The topological polar surface area (TPSA) is 130 Å². The Morgan fingerprint density at radius 1 is 1.27 bits per heavy atom. The fourth-order valence-corrected chi connectivity index (χ4v) is 7.28. The van der Waals surface area contributed by atoms with Gasteiger partial charge in [-0.15, -0.1) is 11.8 Å². The van der Waals surface area contributed by atoms with Gasteiger partial charge in [-0.05, 0) is 31.0 Å². The van der Waals surface area contributed by atoms with Crippen LogP contribution in [0.2, 0.25) is 0 Å². The summed E-state index contributed by atoms with van der Waals surface area (Å²) in [5, 5.41) is 22.8. The number of β-lactam (4-membered cyclic amide) rings is 1. The number of thioether (sulfide) groups is 1. The maximum atomic E-state index is 13.1. The number of likely N-dealkylation sites (tertiary alicyclic amines) is 1. The molecule has 0 bridgehead atoms. The van der Waals surface area contributed by atoms with E-state index < -0.39 is 18.0 Å². The van der Waals surface area contributed by atoms with Gasteiger partial charge in [0.25, 0.3) is 0 Å². The smallest absolute Gasteiger partial charge is 0.353 e. The Morgan fingerprint density at radius 2 is 1.97 bits per heavy atom. The Hall–Kier alpha value is -2.89. The molecule has 37 heavy (non-hydrogen) atoms. The number of likely N-dealkylation sites (N-methyl/N-ethyl adjacent to an activating group) is 1. The lowest BCUT2D eigenvalue weighted by atomic mass is 9.79. The molecule has 2 fully saturated rings. The summed E-state index contributed by atoms with van der Waals surface area (Å²) >= 11 is 1.44. The molecule has 200 valence electrons. The molecule has 3 heterocycles. The van der Waals surface area contributed by atoms with Crippen molar-refractivity contribution < 1.29 is 29.4 Å². The van der Waals surface area contributed by atoms with Gasteiger partial charge in [0, 0.05) is 55.9 Å². The number of aliphatic hydroxyl groups excluding tert-OH is 1. The van der Waals surface area contributed by atoms with Crippen molar-refractivity contribution in [1.82, 2.24) is 14.7 Å². The number of anilines is 1. The standard InChI is InChI=1S/C26H34N4O6S/c1-13-21-20(14(2)31)25(34)30(21)22(26(35)36)23(13)37-18-10-19(24(33)28(4)5)29(12-18)11-16-7-6-8-17(9-16)27-15(3)32/h6-9,13-14,18-21,31H,10-12H2,1-5H3,(H,27,32)(H,35,36)/t13-,14-,18+,19+,20-,21-/m1/s1. The first-order chi connectivity index (χ1) is 17.4. The van der Waals surface area contributed by atoms with E-state index in [2.05, 4.69) is 10.2 Å². The van der Waals surface area contributed by atoms with Crippen LogP contribution in [0.15, 0.2) is 34.9 Å². The van der Waals surface area contributed by atoms with Gasteiger partial charge in [-0.3, -0.25) is 19.3 Å². The number of carboxylic acid groups (broad SMARTS) is 1. The molecule has 0 spiro atoms. The van der Waals surface area contributed by atoms with Gasteiger partial charge in [0.15, 0.2) is 0 Å². The van der Waals surface area contributed by atoms with E-state index in [-0.39, 0.29) is 46.7 Å². The van der Waals surface area contributed by atoms with Crippen LogP contribution in [0, 0.1) is 11.8 Å². The maximum Gasteiger partial charge on any atom is 0.353 e. The van der Waals surface area contributed by atoms with Gasteiger partial charge in [0.1, 0.15) is 5.70 Å². The average molecular weight is 531 g/mol. The number of hydrogen-bond donors (Lipinski definition) is 3. The molecule has 4 rings (SSSR count). The SMILES string of the molecule is CC(=O)Nc1cccc(CN2C[C@@H](SC3=C(C(=O)O)N4C(=O)[C@H]([C@@H](C)O)[C@H]4[C@H]3C)C[C@H]2C(=O)N(C)C)c1. The molecule has 0 aliphatic carbocycles. The molecule has 6 atom stereocenters. The van der Waals surface area contributed by atoms with Crippen molar-refractivity contribution in [3.05, 3.63) is 40.4 Å². The van der Waals surface area contributed by atoms with Crippen LogP contribution in [0.4, 0.5) is 5.69 Å². The quantitative estimate of drug-likeness (QED) is 0.432. The van der Waals surface area contributed by atoms with E-state index in [1.165, 1.54) is 23.6 Å². The van der Waals surface area contributed by atoms with Crippen LogP contribution in [0.5, 0.6) is 0 Å². The predicted octanol–water partition coefficient (Wildman–Crippen LogP) is 1.56. The number of amides is 3. The fraction of sp³-hybridized carbons (Fsp3) is 0.538. The van der Waals surface area contributed by atoms with Gasteiger partial charge < -0.3 is 25.3 Å². The summed E-state index contributed by atoms with van der Waals surface area (Å²) in [7, 11) is 3.44. The number of nitrogens with zero attached hydrogens (tertiary/aromatic N) is 3. The average Bonchev–Trinajstić information content (AvgIpc) is 3.29. The molecule has 2 saturated heterocycles. The number of benzene rings is 1. The number of carbonyl (C=O) groups excluding carboxylic acids is 3. The van der Waals surface area contributed by atoms with Crippen LogP contribution in [0.3, 0.4) is 0 Å². The van der Waals surface area contributed by atoms with Gasteiger partial charge in [-0.25, -0.2) is 4.79 Å². The van der Waals surface area contributed by atoms with Gasteiger partial charge >= 0.3 is 5.97 Å². The van der Waals surface area contributed by atoms with Crippen molar-refractivity contribution in [2.45, 2.75) is 57.2 Å². The van der Waals surface area contributed by atoms with Crippen molar-refractivity contribution in [3.63, 3.8) is 0 Å². The van der Waals surface area contributed by atoms with E-state index in [9.17, 15) is 29.4 Å². The summed E-state index contributed by atoms with van der Waals surface area (Å²) in [5.41, 5.74) is 1.63. The molecule has 1 aromatic rings. The zero-order chi connectivity index (χ0) is 27.2. The molecule has 3 N–H and O–H groups in total. The Labute approximate surface area is 220 Å². The second-order valence-electron chi connectivity index (χ2n) is 10.3. The maximum absolute atomic E-state index is 13.1. The molecule has 0 aromatic heterocycles. The van der Waals surface area contributed by atoms with Crippen molar-refractivity contribution in [1.29, 1.82) is 0 Å². The van der Waals surface area contributed by atoms with Gasteiger partial charge in [-0.1, -0.05) is 19.1 Å². The minimum atomic E-state index is -1.15. The van der Waals surface area contributed by atoms with E-state index in [1.54, 1.807) is 25.9 Å². The minimum Gasteiger partial charge on any atom is -0.477 e. The minimum absolute atomic E-state index is 0.00124. The van der Waals surface area contributed by atoms with Crippen LogP contribution in [-0.2, 0) is 25.7 Å². The molecular weight excluding hydrogens is 496 g/mol. The highest BCUT2D eigenvalue weighted by atomic mass is 32.2. The molecule has 1 aromatic carbocycles. The molecule has 0 unspecified atom stereocenters. The van der Waals surface area contributed by atoms with Crippen LogP contribution in [-0.4, -0.2) is 92.7 Å². The molecule has 11 heteroatoms. The van der Waals surface area contributed by atoms with Crippen LogP contribution < -0.4 is 5.32 Å². The second-order valence-corrected chi connectivity index (χ2v) is 11.6. The van der Waals surface area contributed by atoms with Gasteiger partial charge in [-0.2, -0.15) is 0 Å². The number of nitrogens with one attached hydrogen (secondary N) is 1. The first-order valence-electron chi connectivity index (χ1n) is 12.4. The first-order valence-corrected chi connectivity index (χ1v) is 13.3. The molecule has 3 aliphatic rings. The summed E-state index contributed by atoms with van der Waals surface area (Å²) in [5.74, 6) is -2.53. The summed E-state index contributed by atoms with van der Waals surface area (Å²) in [6.07, 6.45) is -0.317. The third-order valence-electron chi connectivity index (χ3n) is 7.33. The van der Waals surface area contributed by atoms with E-state index in [0.717, 1.165) is 5.56 Å². The molecular formula is C26H34N4O6S. The fourth-order valence-electron chi connectivity index (χ4n) is 5.72. The molecule has 0 saturated carbocycles. The highest BCUT2D eigenvalue weighted by Gasteiger charge is 2.60. The monoisotopic (exact) mass is 530 g/mol. The largest absolute Gasteiger partial charge is 0.477 e. The lowest BCUT2D eigenvalue weighted by molar-refractivity contribution is -0.163. The number of rotatable bonds is 8. The van der Waals surface area contributed by atoms with E-state index >= 15 is 0 Å². The van der Waals surface area contributed by atoms with Crippen molar-refractivity contribution >= 4 is 41.1 Å². The first kappa shape index (κ1) is 27.2. The Kier molecular flexibility index (Phi) is 7.68. The third-order valence-corrected chi connectivity index (χ3v) is 8.82. The zero-order valence-corrected chi connectivity index (χ0v) is 22.5. The Balaban J connectivity index is 1.56. The van der Waals surface area contributed by atoms with Crippen molar-refractivity contribution in [2.75, 3.05) is 26.0 Å². The summed E-state index contributed by atoms with van der Waals surface area (Å²) in [6.45, 7) is 5.96. The third kappa shape index (κ3) is 5.12. The van der Waals surface area contributed by atoms with Crippen molar-refractivity contribution in [2.24, 2.45) is 11.8 Å². The normalized spacial score (nSPS) is 28.1. The number of aliphatic carboxylic acids is 1. The highest BCUT2D eigenvalue weighted by molar-refractivity contribution is 8.03. The summed E-state index contributed by atoms with van der Waals surface area (Å²) in [6, 6.07) is 6.74. The highest BCUT2D eigenvalue weighted by Crippen LogP contribution is 2.52. The number of hydrogen-bond acceptors (Lipinski definition) is 7. The summed E-state index contributed by atoms with van der Waals surface area (Å²) < 4.78 is 0. The second kappa shape index (κ2) is 10.5. The predicted molar refractivity (Wildman–Crippen MR) is 139 cm³/mol. The van der Waals surface area contributed by atoms with E-state index in [1.807, 2.05) is 31.2 Å². The lowest BCUT2D eigenvalue weighted by Gasteiger charge is -2.46. The van der Waals surface area contributed by atoms with E-state index in [4.69, 9.17) is 0 Å².